The molecule has 1 aromatic carbocycles. The fraction of sp³-hybridized carbons (Fsp3) is 0.556. The molecule has 2 amide bonds. The van der Waals surface area contributed by atoms with Crippen LogP contribution in [0, 0.1) is 11.3 Å². The van der Waals surface area contributed by atoms with Gasteiger partial charge in [-0.25, -0.2) is 0 Å². The molecule has 1 saturated heterocycles. The van der Waals surface area contributed by atoms with Gasteiger partial charge in [-0.05, 0) is 49.4 Å². The zero-order chi connectivity index (χ0) is 15.9. The Kier molecular flexibility index (Phi) is 4.83. The smallest absolute Gasteiger partial charge is 0.232 e. The molecular formula is C18H24ClN3O2. The Morgan fingerprint density at radius 3 is 3.00 bits per heavy atom. The lowest BCUT2D eigenvalue weighted by molar-refractivity contribution is -0.128. The first kappa shape index (κ1) is 17.2. The second-order valence-electron chi connectivity index (χ2n) is 7.10. The highest BCUT2D eigenvalue weighted by Gasteiger charge is 2.49. The predicted octanol–water partition coefficient (Wildman–Crippen LogP) is 2.71. The van der Waals surface area contributed by atoms with Crippen LogP contribution in [0.4, 0.5) is 11.4 Å². The third kappa shape index (κ3) is 2.91. The van der Waals surface area contributed by atoms with Gasteiger partial charge in [0.05, 0.1) is 5.41 Å². The average molecular weight is 350 g/mol. The van der Waals surface area contributed by atoms with Crippen molar-refractivity contribution in [2.45, 2.75) is 38.5 Å². The Balaban J connectivity index is 0.00000169. The van der Waals surface area contributed by atoms with Crippen molar-refractivity contribution >= 4 is 35.6 Å². The van der Waals surface area contributed by atoms with E-state index in [4.69, 9.17) is 0 Å². The monoisotopic (exact) mass is 349 g/mol. The second kappa shape index (κ2) is 6.73. The molecule has 1 saturated carbocycles. The van der Waals surface area contributed by atoms with Crippen molar-refractivity contribution in [3.05, 3.63) is 23.8 Å². The molecule has 0 radical (unpaired) electrons. The molecule has 24 heavy (non-hydrogen) atoms. The van der Waals surface area contributed by atoms with E-state index in [0.29, 0.717) is 12.3 Å². The third-order valence-corrected chi connectivity index (χ3v) is 5.75. The maximum Gasteiger partial charge on any atom is 0.232 e. The largest absolute Gasteiger partial charge is 0.326 e. The number of carbonyl (C=O) groups excluding carboxylic acids is 2. The number of halogens is 1. The lowest BCUT2D eigenvalue weighted by Crippen LogP contribution is -2.44. The minimum atomic E-state index is -0.253. The summed E-state index contributed by atoms with van der Waals surface area (Å²) in [6.45, 7) is 1.73. The molecule has 0 unspecified atom stereocenters. The standard InChI is InChI=1S/C18H23N3O2.ClH/c22-16-7-5-12-4-6-14(9-15(12)21-16)20-17(23)18-8-2-1-3-13(18)10-19-11-18;/h4,6,9,13,19H,1-3,5,7-8,10-11H2,(H,20,23)(H,21,22);1H/t13-,18+;/m0./s1. The fourth-order valence-corrected chi connectivity index (χ4v) is 4.40. The summed E-state index contributed by atoms with van der Waals surface area (Å²) in [6.07, 6.45) is 5.78. The molecule has 3 aliphatic rings. The molecule has 2 heterocycles. The van der Waals surface area contributed by atoms with Gasteiger partial charge in [0.25, 0.3) is 0 Å². The summed E-state index contributed by atoms with van der Waals surface area (Å²) < 4.78 is 0. The summed E-state index contributed by atoms with van der Waals surface area (Å²) in [5.41, 5.74) is 2.50. The number of nitrogens with one attached hydrogen (secondary N) is 3. The van der Waals surface area contributed by atoms with Crippen LogP contribution in [0.5, 0.6) is 0 Å². The van der Waals surface area contributed by atoms with E-state index in [9.17, 15) is 9.59 Å². The predicted molar refractivity (Wildman–Crippen MR) is 96.5 cm³/mol. The molecule has 2 aliphatic heterocycles. The van der Waals surface area contributed by atoms with Crippen molar-refractivity contribution in [2.24, 2.45) is 11.3 Å². The molecule has 6 heteroatoms. The highest BCUT2D eigenvalue weighted by atomic mass is 35.5. The number of benzene rings is 1. The summed E-state index contributed by atoms with van der Waals surface area (Å²) in [6, 6.07) is 5.85. The van der Waals surface area contributed by atoms with E-state index in [1.165, 1.54) is 6.42 Å². The van der Waals surface area contributed by atoms with E-state index in [-0.39, 0.29) is 29.6 Å². The highest BCUT2D eigenvalue weighted by Crippen LogP contribution is 2.44. The van der Waals surface area contributed by atoms with Gasteiger partial charge in [0.1, 0.15) is 0 Å². The van der Waals surface area contributed by atoms with Gasteiger partial charge in [0, 0.05) is 24.3 Å². The summed E-state index contributed by atoms with van der Waals surface area (Å²) in [7, 11) is 0. The second-order valence-corrected chi connectivity index (χ2v) is 7.10. The zero-order valence-electron chi connectivity index (χ0n) is 13.7. The number of hydrogen-bond acceptors (Lipinski definition) is 3. The normalized spacial score (nSPS) is 28.2. The van der Waals surface area contributed by atoms with Crippen LogP contribution < -0.4 is 16.0 Å². The first-order valence-corrected chi connectivity index (χ1v) is 8.62. The number of anilines is 2. The first-order valence-electron chi connectivity index (χ1n) is 8.62. The number of rotatable bonds is 2. The van der Waals surface area contributed by atoms with Crippen LogP contribution in [0.2, 0.25) is 0 Å². The molecule has 0 spiro atoms. The van der Waals surface area contributed by atoms with Crippen LogP contribution in [-0.4, -0.2) is 24.9 Å². The van der Waals surface area contributed by atoms with Crippen LogP contribution in [0.1, 0.15) is 37.7 Å². The molecule has 2 fully saturated rings. The van der Waals surface area contributed by atoms with Crippen molar-refractivity contribution in [1.82, 2.24) is 5.32 Å². The molecule has 2 atom stereocenters. The van der Waals surface area contributed by atoms with Crippen molar-refractivity contribution in [1.29, 1.82) is 0 Å². The topological polar surface area (TPSA) is 70.2 Å². The average Bonchev–Trinajstić information content (AvgIpc) is 2.99. The zero-order valence-corrected chi connectivity index (χ0v) is 14.5. The summed E-state index contributed by atoms with van der Waals surface area (Å²) in [4.78, 5) is 24.5. The Morgan fingerprint density at radius 1 is 1.25 bits per heavy atom. The lowest BCUT2D eigenvalue weighted by Gasteiger charge is -2.37. The molecule has 1 aromatic rings. The molecule has 130 valence electrons. The molecule has 1 aliphatic carbocycles. The maximum absolute atomic E-state index is 13.0. The Morgan fingerprint density at radius 2 is 2.12 bits per heavy atom. The van der Waals surface area contributed by atoms with Gasteiger partial charge in [-0.1, -0.05) is 18.9 Å². The Hall–Kier alpha value is -1.59. The Bertz CT molecular complexity index is 664. The SMILES string of the molecule is Cl.O=C1CCc2ccc(NC(=O)[C@@]34CCCC[C@H]3CNC4)cc2N1. The highest BCUT2D eigenvalue weighted by molar-refractivity contribution is 5.98. The first-order chi connectivity index (χ1) is 11.2. The van der Waals surface area contributed by atoms with Crippen LogP contribution in [-0.2, 0) is 16.0 Å². The van der Waals surface area contributed by atoms with E-state index in [0.717, 1.165) is 55.7 Å². The van der Waals surface area contributed by atoms with E-state index < -0.39 is 0 Å². The van der Waals surface area contributed by atoms with Crippen LogP contribution in [0.15, 0.2) is 18.2 Å². The van der Waals surface area contributed by atoms with E-state index in [1.807, 2.05) is 18.2 Å². The number of hydrogen-bond donors (Lipinski definition) is 3. The van der Waals surface area contributed by atoms with Crippen molar-refractivity contribution < 1.29 is 9.59 Å². The Labute approximate surface area is 148 Å². The molecule has 0 aromatic heterocycles. The van der Waals surface area contributed by atoms with Crippen LogP contribution in [0.25, 0.3) is 0 Å². The van der Waals surface area contributed by atoms with Gasteiger partial charge in [-0.3, -0.25) is 9.59 Å². The number of fused-ring (bicyclic) bond motifs is 2. The number of amides is 2. The van der Waals surface area contributed by atoms with E-state index in [1.54, 1.807) is 0 Å². The van der Waals surface area contributed by atoms with Gasteiger partial charge in [0.2, 0.25) is 11.8 Å². The summed E-state index contributed by atoms with van der Waals surface area (Å²) in [5, 5.41) is 9.41. The number of carbonyl (C=O) groups is 2. The van der Waals surface area contributed by atoms with Crippen molar-refractivity contribution in [2.75, 3.05) is 23.7 Å². The van der Waals surface area contributed by atoms with Crippen LogP contribution >= 0.6 is 12.4 Å². The van der Waals surface area contributed by atoms with E-state index >= 15 is 0 Å². The minimum Gasteiger partial charge on any atom is -0.326 e. The van der Waals surface area contributed by atoms with Crippen molar-refractivity contribution in [3.63, 3.8) is 0 Å². The minimum absolute atomic E-state index is 0. The van der Waals surface area contributed by atoms with Gasteiger partial charge in [-0.15, -0.1) is 12.4 Å². The molecule has 0 bridgehead atoms. The molecule has 4 rings (SSSR count). The molecule has 3 N–H and O–H groups in total. The van der Waals surface area contributed by atoms with Gasteiger partial charge < -0.3 is 16.0 Å². The van der Waals surface area contributed by atoms with Gasteiger partial charge in [0.15, 0.2) is 0 Å². The summed E-state index contributed by atoms with van der Waals surface area (Å²) >= 11 is 0. The molecule has 5 nitrogen and oxygen atoms in total. The summed E-state index contributed by atoms with van der Waals surface area (Å²) in [5.74, 6) is 0.634. The van der Waals surface area contributed by atoms with E-state index in [2.05, 4.69) is 16.0 Å². The fourth-order valence-electron chi connectivity index (χ4n) is 4.40. The number of aryl methyl sites for hydroxylation is 1. The van der Waals surface area contributed by atoms with Gasteiger partial charge >= 0.3 is 0 Å². The van der Waals surface area contributed by atoms with Crippen molar-refractivity contribution in [3.8, 4) is 0 Å². The lowest BCUT2D eigenvalue weighted by atomic mass is 9.67. The molecular weight excluding hydrogens is 326 g/mol. The third-order valence-electron chi connectivity index (χ3n) is 5.75. The quantitative estimate of drug-likeness (QED) is 0.768. The van der Waals surface area contributed by atoms with Crippen LogP contribution in [0.3, 0.4) is 0 Å². The maximum atomic E-state index is 13.0. The van der Waals surface area contributed by atoms with Gasteiger partial charge in [-0.2, -0.15) is 0 Å².